The number of likely N-dealkylation sites (tertiary alicyclic amines) is 1. The molecule has 218 valence electrons. The van der Waals surface area contributed by atoms with Crippen LogP contribution in [0.1, 0.15) is 68.1 Å². The minimum atomic E-state index is -4.62. The number of fused-ring (bicyclic) bond motifs is 1. The SMILES string of the molecule is CO[C@H]1C[C@@](c2cccc(-n3cc4c(C(F)(F)F)cc(C(C)N5CCC[C@H](C)C5)cn4c3=O)c2)(c2nncn2C)C1. The number of halogens is 3. The third kappa shape index (κ3) is 4.68. The number of pyridine rings is 1. The van der Waals surface area contributed by atoms with Crippen LogP contribution < -0.4 is 5.69 Å². The van der Waals surface area contributed by atoms with Crippen LogP contribution in [0.15, 0.2) is 53.8 Å². The molecule has 1 saturated carbocycles. The van der Waals surface area contributed by atoms with Crippen molar-refractivity contribution in [2.75, 3.05) is 20.2 Å². The Morgan fingerprint density at radius 3 is 2.61 bits per heavy atom. The summed E-state index contributed by atoms with van der Waals surface area (Å²) in [7, 11) is 3.56. The molecule has 2 fully saturated rings. The second-order valence-electron chi connectivity index (χ2n) is 11.8. The quantitative estimate of drug-likeness (QED) is 0.323. The van der Waals surface area contributed by atoms with Crippen LogP contribution in [0.5, 0.6) is 0 Å². The van der Waals surface area contributed by atoms with Gasteiger partial charge in [0.05, 0.1) is 28.3 Å². The molecule has 1 saturated heterocycles. The molecular formula is C30H35F3N6O2. The van der Waals surface area contributed by atoms with Crippen LogP contribution in [0, 0.1) is 5.92 Å². The zero-order valence-corrected chi connectivity index (χ0v) is 23.7. The summed E-state index contributed by atoms with van der Waals surface area (Å²) in [4.78, 5) is 15.9. The van der Waals surface area contributed by atoms with E-state index in [1.54, 1.807) is 25.7 Å². The standard InChI is InChI=1S/C30H35F3N6O2/c1-19-7-6-10-37(15-19)20(2)21-11-25(30(31,32)33)26-17-38(28(40)39(26)16-21)23-9-5-8-22(12-23)29(13-24(14-29)41-4)27-35-34-18-36(27)3/h5,8-9,11-12,16-20,24H,6-7,10,13-15H2,1-4H3/t19-,20?,24-,29+/m0/s1. The van der Waals surface area contributed by atoms with Crippen LogP contribution in [0.2, 0.25) is 0 Å². The van der Waals surface area contributed by atoms with Crippen LogP contribution in [0.3, 0.4) is 0 Å². The van der Waals surface area contributed by atoms with E-state index in [-0.39, 0.29) is 17.7 Å². The zero-order valence-electron chi connectivity index (χ0n) is 23.7. The van der Waals surface area contributed by atoms with Gasteiger partial charge in [0.1, 0.15) is 12.2 Å². The Hall–Kier alpha value is -3.44. The van der Waals surface area contributed by atoms with E-state index in [1.165, 1.54) is 16.8 Å². The molecule has 0 radical (unpaired) electrons. The molecule has 6 rings (SSSR count). The molecule has 4 heterocycles. The number of aryl methyl sites for hydroxylation is 1. The molecule has 2 atom stereocenters. The Morgan fingerprint density at radius 2 is 1.95 bits per heavy atom. The first-order valence-corrected chi connectivity index (χ1v) is 14.1. The summed E-state index contributed by atoms with van der Waals surface area (Å²) in [6.45, 7) is 5.73. The van der Waals surface area contributed by atoms with Crippen LogP contribution >= 0.6 is 0 Å². The van der Waals surface area contributed by atoms with E-state index >= 15 is 0 Å². The topological polar surface area (TPSA) is 69.6 Å². The summed E-state index contributed by atoms with van der Waals surface area (Å²) >= 11 is 0. The molecule has 0 amide bonds. The monoisotopic (exact) mass is 568 g/mol. The van der Waals surface area contributed by atoms with E-state index in [2.05, 4.69) is 22.0 Å². The number of hydrogen-bond acceptors (Lipinski definition) is 5. The highest BCUT2D eigenvalue weighted by atomic mass is 19.4. The van der Waals surface area contributed by atoms with E-state index < -0.39 is 22.8 Å². The van der Waals surface area contributed by atoms with Gasteiger partial charge in [0.15, 0.2) is 0 Å². The molecule has 0 bridgehead atoms. The highest BCUT2D eigenvalue weighted by Crippen LogP contribution is 2.49. The van der Waals surface area contributed by atoms with Crippen LogP contribution in [0.4, 0.5) is 13.2 Å². The molecule has 0 N–H and O–H groups in total. The van der Waals surface area contributed by atoms with Crippen molar-refractivity contribution in [2.24, 2.45) is 13.0 Å². The predicted molar refractivity (Wildman–Crippen MR) is 148 cm³/mol. The lowest BCUT2D eigenvalue weighted by Gasteiger charge is -2.46. The molecule has 2 aliphatic rings. The second kappa shape index (κ2) is 10.1. The fraction of sp³-hybridized carbons (Fsp3) is 0.500. The molecule has 1 aromatic carbocycles. The van der Waals surface area contributed by atoms with Gasteiger partial charge in [0.25, 0.3) is 0 Å². The average molecular weight is 569 g/mol. The summed E-state index contributed by atoms with van der Waals surface area (Å²) in [6.07, 6.45) is 3.44. The van der Waals surface area contributed by atoms with Crippen LogP contribution in [-0.2, 0) is 23.4 Å². The molecule has 1 aliphatic carbocycles. The van der Waals surface area contributed by atoms with Gasteiger partial charge in [-0.3, -0.25) is 13.9 Å². The highest BCUT2D eigenvalue weighted by Gasteiger charge is 2.50. The molecule has 11 heteroatoms. The van der Waals surface area contributed by atoms with Crippen molar-refractivity contribution < 1.29 is 17.9 Å². The Kier molecular flexibility index (Phi) is 6.85. The number of alkyl halides is 3. The van der Waals surface area contributed by atoms with Gasteiger partial charge in [0.2, 0.25) is 0 Å². The highest BCUT2D eigenvalue weighted by molar-refractivity contribution is 5.58. The van der Waals surface area contributed by atoms with Gasteiger partial charge in [0, 0.05) is 39.1 Å². The third-order valence-corrected chi connectivity index (χ3v) is 9.11. The first-order valence-electron chi connectivity index (χ1n) is 14.1. The first-order chi connectivity index (χ1) is 19.5. The van der Waals surface area contributed by atoms with Gasteiger partial charge in [-0.2, -0.15) is 13.2 Å². The molecule has 0 spiro atoms. The number of nitrogens with zero attached hydrogens (tertiary/aromatic N) is 6. The number of aromatic nitrogens is 5. The molecule has 8 nitrogen and oxygen atoms in total. The molecule has 41 heavy (non-hydrogen) atoms. The number of imidazole rings is 1. The number of hydrogen-bond donors (Lipinski definition) is 0. The number of rotatable bonds is 6. The summed E-state index contributed by atoms with van der Waals surface area (Å²) < 4.78 is 53.1. The van der Waals surface area contributed by atoms with Gasteiger partial charge < -0.3 is 9.30 Å². The number of methoxy groups -OCH3 is 1. The third-order valence-electron chi connectivity index (χ3n) is 9.11. The largest absolute Gasteiger partial charge is 0.418 e. The molecule has 1 unspecified atom stereocenters. The smallest absolute Gasteiger partial charge is 0.381 e. The molecule has 1 aliphatic heterocycles. The summed E-state index contributed by atoms with van der Waals surface area (Å²) in [5, 5.41) is 8.44. The normalized spacial score (nSPS) is 24.5. The summed E-state index contributed by atoms with van der Waals surface area (Å²) in [5.74, 6) is 1.26. The number of ether oxygens (including phenoxy) is 1. The lowest BCUT2D eigenvalue weighted by atomic mass is 9.62. The second-order valence-corrected chi connectivity index (χ2v) is 11.8. The van der Waals surface area contributed by atoms with Crippen LogP contribution in [-0.4, -0.2) is 54.9 Å². The maximum Gasteiger partial charge on any atom is 0.418 e. The minimum Gasteiger partial charge on any atom is -0.381 e. The Bertz CT molecular complexity index is 1630. The van der Waals surface area contributed by atoms with Crippen molar-refractivity contribution in [3.8, 4) is 5.69 Å². The fourth-order valence-corrected chi connectivity index (χ4v) is 6.74. The van der Waals surface area contributed by atoms with Gasteiger partial charge in [-0.15, -0.1) is 10.2 Å². The Balaban J connectivity index is 1.45. The zero-order chi connectivity index (χ0) is 29.1. The van der Waals surface area contributed by atoms with E-state index in [0.29, 0.717) is 30.0 Å². The van der Waals surface area contributed by atoms with Crippen molar-refractivity contribution in [2.45, 2.75) is 63.3 Å². The van der Waals surface area contributed by atoms with Gasteiger partial charge in [-0.1, -0.05) is 19.1 Å². The average Bonchev–Trinajstić information content (AvgIpc) is 3.50. The van der Waals surface area contributed by atoms with Crippen molar-refractivity contribution in [3.05, 3.63) is 82.1 Å². The lowest BCUT2D eigenvalue weighted by molar-refractivity contribution is -0.136. The van der Waals surface area contributed by atoms with Crippen molar-refractivity contribution >= 4 is 5.52 Å². The summed E-state index contributed by atoms with van der Waals surface area (Å²) in [5.41, 5.74) is -0.111. The predicted octanol–water partition coefficient (Wildman–Crippen LogP) is 5.13. The minimum absolute atomic E-state index is 0.0489. The van der Waals surface area contributed by atoms with Crippen molar-refractivity contribution in [3.63, 3.8) is 0 Å². The van der Waals surface area contributed by atoms with Crippen molar-refractivity contribution in [1.29, 1.82) is 0 Å². The fourth-order valence-electron chi connectivity index (χ4n) is 6.74. The number of piperidine rings is 1. The van der Waals surface area contributed by atoms with E-state index in [0.717, 1.165) is 41.7 Å². The van der Waals surface area contributed by atoms with E-state index in [4.69, 9.17) is 4.74 Å². The number of benzene rings is 1. The maximum atomic E-state index is 14.4. The maximum absolute atomic E-state index is 14.4. The first kappa shape index (κ1) is 27.7. The summed E-state index contributed by atoms with van der Waals surface area (Å²) in [6, 6.07) is 8.36. The molecular weight excluding hydrogens is 533 g/mol. The Morgan fingerprint density at radius 1 is 1.17 bits per heavy atom. The van der Waals surface area contributed by atoms with Gasteiger partial charge in [-0.25, -0.2) is 4.79 Å². The van der Waals surface area contributed by atoms with E-state index in [9.17, 15) is 18.0 Å². The Labute approximate surface area is 236 Å². The van der Waals surface area contributed by atoms with E-state index in [1.807, 2.05) is 36.7 Å². The van der Waals surface area contributed by atoms with Crippen LogP contribution in [0.25, 0.3) is 11.2 Å². The molecule has 3 aromatic heterocycles. The van der Waals surface area contributed by atoms with Gasteiger partial charge in [-0.05, 0) is 74.4 Å². The molecule has 4 aromatic rings. The lowest BCUT2D eigenvalue weighted by Crippen LogP contribution is -2.48. The van der Waals surface area contributed by atoms with Crippen molar-refractivity contribution in [1.82, 2.24) is 28.6 Å². The van der Waals surface area contributed by atoms with Gasteiger partial charge >= 0.3 is 11.9 Å².